The van der Waals surface area contributed by atoms with E-state index in [4.69, 9.17) is 15.9 Å². The van der Waals surface area contributed by atoms with Crippen LogP contribution >= 0.6 is 12.4 Å². The van der Waals surface area contributed by atoms with Crippen molar-refractivity contribution < 1.29 is 4.42 Å². The third-order valence-corrected chi connectivity index (χ3v) is 4.37. The number of hydrogen-bond acceptors (Lipinski definition) is 3. The van der Waals surface area contributed by atoms with E-state index in [9.17, 15) is 0 Å². The minimum atomic E-state index is 0. The summed E-state index contributed by atoms with van der Waals surface area (Å²) in [5.74, 6) is 1.91. The second-order valence-corrected chi connectivity index (χ2v) is 7.57. The Bertz CT molecular complexity index is 934. The number of rotatable bonds is 6. The van der Waals surface area contributed by atoms with E-state index >= 15 is 0 Å². The van der Waals surface area contributed by atoms with Crippen LogP contribution in [0, 0.1) is 0 Å². The monoisotopic (exact) mass is 424 g/mol. The summed E-state index contributed by atoms with van der Waals surface area (Å²) in [7, 11) is 0. The molecule has 3 aromatic rings. The van der Waals surface area contributed by atoms with E-state index in [0.29, 0.717) is 11.7 Å². The normalized spacial score (nSPS) is 12.3. The molecule has 0 aliphatic rings. The number of nitrogens with zero attached hydrogens (tertiary/aromatic N) is 2. The van der Waals surface area contributed by atoms with E-state index in [-0.39, 0.29) is 24.5 Å². The maximum atomic E-state index is 6.04. The van der Waals surface area contributed by atoms with Crippen LogP contribution in [0.15, 0.2) is 75.3 Å². The Hall–Kier alpha value is -3.05. The van der Waals surface area contributed by atoms with Crippen molar-refractivity contribution in [2.45, 2.75) is 39.8 Å². The van der Waals surface area contributed by atoms with Gasteiger partial charge >= 0.3 is 0 Å². The molecule has 1 heterocycles. The average Bonchev–Trinajstić information content (AvgIpc) is 3.17. The molecule has 0 amide bonds. The fraction of sp³-hybridized carbons (Fsp3) is 0.250. The number of halogens is 1. The lowest BCUT2D eigenvalue weighted by Crippen LogP contribution is -2.15. The molecule has 0 saturated carbocycles. The summed E-state index contributed by atoms with van der Waals surface area (Å²) in [6, 6.07) is 18.3. The minimum Gasteiger partial charge on any atom is -0.464 e. The third kappa shape index (κ3) is 5.74. The van der Waals surface area contributed by atoms with Gasteiger partial charge in [0, 0.05) is 34.3 Å². The first-order valence-electron chi connectivity index (χ1n) is 9.80. The average molecular weight is 425 g/mol. The summed E-state index contributed by atoms with van der Waals surface area (Å²) in [5, 5.41) is 0. The molecule has 30 heavy (non-hydrogen) atoms. The molecule has 0 aliphatic carbocycles. The van der Waals surface area contributed by atoms with Crippen LogP contribution in [0.1, 0.15) is 38.8 Å². The molecule has 0 unspecified atom stereocenters. The summed E-state index contributed by atoms with van der Waals surface area (Å²) in [4.78, 5) is 8.77. The Morgan fingerprint density at radius 1 is 0.700 bits per heavy atom. The lowest BCUT2D eigenvalue weighted by atomic mass is 10.0. The van der Waals surface area contributed by atoms with E-state index in [1.54, 1.807) is 6.26 Å². The summed E-state index contributed by atoms with van der Waals surface area (Å²) >= 11 is 0. The summed E-state index contributed by atoms with van der Waals surface area (Å²) in [6.07, 6.45) is 1.76. The molecule has 0 saturated heterocycles. The maximum Gasteiger partial charge on any atom is 0.134 e. The van der Waals surface area contributed by atoms with Crippen molar-refractivity contribution >= 4 is 24.1 Å². The van der Waals surface area contributed by atoms with Crippen LogP contribution in [-0.2, 0) is 0 Å². The maximum absolute atomic E-state index is 6.04. The van der Waals surface area contributed by atoms with Gasteiger partial charge in [0.2, 0.25) is 0 Å². The van der Waals surface area contributed by atoms with Crippen LogP contribution in [0.5, 0.6) is 0 Å². The number of furan rings is 1. The molecule has 0 spiro atoms. The molecule has 1 aromatic heterocycles. The zero-order chi connectivity index (χ0) is 21.0. The van der Waals surface area contributed by atoms with E-state index in [1.165, 1.54) is 0 Å². The minimum absolute atomic E-state index is 0. The lowest BCUT2D eigenvalue weighted by Gasteiger charge is -2.05. The molecule has 0 fully saturated rings. The number of aliphatic imine (C=N–C) groups is 2. The molecule has 0 bridgehead atoms. The fourth-order valence-electron chi connectivity index (χ4n) is 2.98. The topological polar surface area (TPSA) is 89.9 Å². The van der Waals surface area contributed by atoms with Crippen LogP contribution in [0.25, 0.3) is 22.5 Å². The highest BCUT2D eigenvalue weighted by molar-refractivity contribution is 5.98. The van der Waals surface area contributed by atoms with Gasteiger partial charge < -0.3 is 15.9 Å². The first kappa shape index (κ1) is 23.2. The van der Waals surface area contributed by atoms with Crippen LogP contribution in [0.4, 0.5) is 0 Å². The number of hydrogen-bond donors (Lipinski definition) is 2. The Balaban J connectivity index is 0.00000320. The second kappa shape index (κ2) is 10.1. The van der Waals surface area contributed by atoms with Crippen LogP contribution < -0.4 is 11.5 Å². The van der Waals surface area contributed by atoms with E-state index in [0.717, 1.165) is 33.6 Å². The standard InChI is InChI=1S/C24H28N4O.ClH/c1-15(2)27-23(25)19-9-5-17(6-10-19)21-13-22(29-14-21)18-7-11-20(12-8-18)24(26)28-16(3)4;/h5-16H,1-4H3,(H2,25,27)(H2,26,28);1H. The first-order chi connectivity index (χ1) is 13.8. The molecule has 158 valence electrons. The highest BCUT2D eigenvalue weighted by Crippen LogP contribution is 2.29. The van der Waals surface area contributed by atoms with Crippen molar-refractivity contribution in [2.75, 3.05) is 0 Å². The van der Waals surface area contributed by atoms with Crippen molar-refractivity contribution in [1.82, 2.24) is 0 Å². The zero-order valence-electron chi connectivity index (χ0n) is 17.8. The molecule has 0 atom stereocenters. The molecule has 4 N–H and O–H groups in total. The van der Waals surface area contributed by atoms with Crippen molar-refractivity contribution in [3.63, 3.8) is 0 Å². The lowest BCUT2D eigenvalue weighted by molar-refractivity contribution is 0.583. The highest BCUT2D eigenvalue weighted by atomic mass is 35.5. The smallest absolute Gasteiger partial charge is 0.134 e. The number of amidine groups is 2. The Morgan fingerprint density at radius 3 is 1.57 bits per heavy atom. The molecule has 5 nitrogen and oxygen atoms in total. The second-order valence-electron chi connectivity index (χ2n) is 7.57. The SMILES string of the molecule is CC(C)N=C(N)c1ccc(-c2coc(-c3ccc(C(N)=NC(C)C)cc3)c2)cc1.Cl. The van der Waals surface area contributed by atoms with Gasteiger partial charge in [-0.15, -0.1) is 12.4 Å². The van der Waals surface area contributed by atoms with Crippen molar-refractivity contribution in [2.24, 2.45) is 21.5 Å². The van der Waals surface area contributed by atoms with E-state index in [2.05, 4.69) is 9.98 Å². The van der Waals surface area contributed by atoms with Gasteiger partial charge in [-0.1, -0.05) is 48.5 Å². The summed E-state index contributed by atoms with van der Waals surface area (Å²) in [6.45, 7) is 8.02. The van der Waals surface area contributed by atoms with E-state index < -0.39 is 0 Å². The molecular formula is C24H29ClN4O. The summed E-state index contributed by atoms with van der Waals surface area (Å²) in [5.41, 5.74) is 17.0. The van der Waals surface area contributed by atoms with Crippen LogP contribution in [0.2, 0.25) is 0 Å². The van der Waals surface area contributed by atoms with Gasteiger partial charge in [-0.2, -0.15) is 0 Å². The van der Waals surface area contributed by atoms with Crippen molar-refractivity contribution in [3.8, 4) is 22.5 Å². The van der Waals surface area contributed by atoms with Gasteiger partial charge in [0.25, 0.3) is 0 Å². The van der Waals surface area contributed by atoms with Gasteiger partial charge in [-0.25, -0.2) is 0 Å². The molecule has 6 heteroatoms. The van der Waals surface area contributed by atoms with Gasteiger partial charge in [0.1, 0.15) is 17.4 Å². The zero-order valence-corrected chi connectivity index (χ0v) is 18.6. The van der Waals surface area contributed by atoms with Crippen LogP contribution in [-0.4, -0.2) is 23.8 Å². The number of nitrogens with two attached hydrogens (primary N) is 2. The summed E-state index contributed by atoms with van der Waals surface area (Å²) < 4.78 is 5.79. The highest BCUT2D eigenvalue weighted by Gasteiger charge is 2.08. The van der Waals surface area contributed by atoms with Gasteiger partial charge in [-0.3, -0.25) is 9.98 Å². The van der Waals surface area contributed by atoms with Gasteiger partial charge in [0.05, 0.1) is 6.26 Å². The fourth-order valence-corrected chi connectivity index (χ4v) is 2.98. The predicted octanol–water partition coefficient (Wildman–Crippen LogP) is 5.26. The van der Waals surface area contributed by atoms with Crippen LogP contribution in [0.3, 0.4) is 0 Å². The Labute approximate surface area is 184 Å². The molecule has 0 aliphatic heterocycles. The Kier molecular flexibility index (Phi) is 7.84. The molecule has 0 radical (unpaired) electrons. The largest absolute Gasteiger partial charge is 0.464 e. The third-order valence-electron chi connectivity index (χ3n) is 4.37. The first-order valence-corrected chi connectivity index (χ1v) is 9.80. The molecule has 3 rings (SSSR count). The van der Waals surface area contributed by atoms with Crippen molar-refractivity contribution in [3.05, 3.63) is 72.0 Å². The Morgan fingerprint density at radius 2 is 1.13 bits per heavy atom. The molecular weight excluding hydrogens is 396 g/mol. The quantitative estimate of drug-likeness (QED) is 0.417. The molecule has 2 aromatic carbocycles. The number of benzene rings is 2. The van der Waals surface area contributed by atoms with E-state index in [1.807, 2.05) is 82.3 Å². The predicted molar refractivity (Wildman–Crippen MR) is 129 cm³/mol. The van der Waals surface area contributed by atoms with Gasteiger partial charge in [-0.05, 0) is 39.3 Å². The van der Waals surface area contributed by atoms with Crippen molar-refractivity contribution in [1.29, 1.82) is 0 Å². The van der Waals surface area contributed by atoms with Gasteiger partial charge in [0.15, 0.2) is 0 Å².